The van der Waals surface area contributed by atoms with Gasteiger partial charge in [-0.1, -0.05) is 59.6 Å². The van der Waals surface area contributed by atoms with Crippen LogP contribution in [-0.4, -0.2) is 99.0 Å². The van der Waals surface area contributed by atoms with Crippen molar-refractivity contribution in [1.82, 2.24) is 15.6 Å². The average Bonchev–Trinajstić information content (AvgIpc) is 4.07. The molecule has 398 valence electrons. The molecule has 1 aliphatic heterocycles. The average molecular weight is 1030 g/mol. The van der Waals surface area contributed by atoms with Crippen LogP contribution in [0, 0.1) is 46.8 Å². The number of nitrogens with two attached hydrogens (primary N) is 2. The van der Waals surface area contributed by atoms with Crippen molar-refractivity contribution in [3.63, 3.8) is 0 Å². The number of benzene rings is 1. The van der Waals surface area contributed by atoms with Gasteiger partial charge < -0.3 is 61.8 Å². The SMILES string of the molecule is CN=C(N)N[C@H]1CSSC[C@H]2[C@@H]3CC[C@@H](CCc4oc(CCc5ccc(O)c(OC[C@H](O)c6cc7c([nH]6)[C@@H]6C=C[C@]8(CCC[C@H]8C6)[C@@H]7[C@H](CCCO)NC[C@H](C)O)c5)cc4CO)C[C@H](C[C@@H]2N)[C@H]3CC[C@@H]1C. The maximum absolute atomic E-state index is 11.7. The summed E-state index contributed by atoms with van der Waals surface area (Å²) in [5.74, 6) is 9.28. The molecule has 2 aromatic heterocycles. The van der Waals surface area contributed by atoms with E-state index in [1.807, 2.05) is 39.8 Å². The first-order valence-corrected chi connectivity index (χ1v) is 30.1. The maximum atomic E-state index is 11.7. The van der Waals surface area contributed by atoms with E-state index in [2.05, 4.69) is 45.8 Å². The monoisotopic (exact) mass is 1030 g/mol. The molecular formula is C57H86N6O7S2. The van der Waals surface area contributed by atoms with E-state index >= 15 is 0 Å². The predicted octanol–water partition coefficient (Wildman–Crippen LogP) is 8.38. The maximum Gasteiger partial charge on any atom is 0.188 e. The second kappa shape index (κ2) is 24.2. The molecule has 7 aliphatic rings. The molecule has 15 heteroatoms. The number of ether oxygens (including phenoxy) is 1. The van der Waals surface area contributed by atoms with Gasteiger partial charge >= 0.3 is 0 Å². The third-order valence-electron chi connectivity index (χ3n) is 18.6. The van der Waals surface area contributed by atoms with Crippen molar-refractivity contribution in [2.24, 2.45) is 63.3 Å². The first-order valence-electron chi connectivity index (χ1n) is 27.6. The summed E-state index contributed by atoms with van der Waals surface area (Å²) in [6.07, 6.45) is 19.8. The number of hydrogen-bond donors (Lipinski definition) is 10. The number of aryl methyl sites for hydroxylation is 3. The number of phenols is 1. The number of phenolic OH excluding ortho intramolecular Hbond substituents is 1. The minimum absolute atomic E-state index is 0.0119. The van der Waals surface area contributed by atoms with E-state index in [4.69, 9.17) is 20.6 Å². The number of aromatic amines is 1. The molecule has 13 nitrogen and oxygen atoms in total. The van der Waals surface area contributed by atoms with Crippen molar-refractivity contribution in [3.8, 4) is 11.5 Å². The molecule has 6 bridgehead atoms. The molecule has 1 aromatic carbocycles. The van der Waals surface area contributed by atoms with Crippen LogP contribution in [0.1, 0.15) is 155 Å². The zero-order valence-corrected chi connectivity index (χ0v) is 44.8. The van der Waals surface area contributed by atoms with Gasteiger partial charge in [-0.3, -0.25) is 4.99 Å². The van der Waals surface area contributed by atoms with E-state index in [-0.39, 0.29) is 54.9 Å². The van der Waals surface area contributed by atoms with Gasteiger partial charge in [0.2, 0.25) is 0 Å². The summed E-state index contributed by atoms with van der Waals surface area (Å²) in [5.41, 5.74) is 18.1. The van der Waals surface area contributed by atoms with Gasteiger partial charge in [-0.2, -0.15) is 0 Å². The Morgan fingerprint density at radius 1 is 1.00 bits per heavy atom. The summed E-state index contributed by atoms with van der Waals surface area (Å²) in [5, 5.41) is 60.5. The smallest absolute Gasteiger partial charge is 0.188 e. The molecule has 3 aromatic rings. The molecule has 1 spiro atoms. The molecule has 10 rings (SSSR count). The summed E-state index contributed by atoms with van der Waals surface area (Å²) in [6, 6.07) is 10.2. The molecule has 3 saturated carbocycles. The van der Waals surface area contributed by atoms with Gasteiger partial charge in [-0.15, -0.1) is 0 Å². The zero-order chi connectivity index (χ0) is 50.5. The fraction of sp³-hybridized carbons (Fsp3) is 0.702. The first kappa shape index (κ1) is 53.7. The lowest BCUT2D eigenvalue weighted by Gasteiger charge is -2.46. The number of aromatic nitrogens is 1. The van der Waals surface area contributed by atoms with E-state index in [0.717, 1.165) is 78.4 Å². The van der Waals surface area contributed by atoms with Crippen LogP contribution < -0.4 is 26.8 Å². The van der Waals surface area contributed by atoms with Crippen LogP contribution in [-0.2, 0) is 25.9 Å². The second-order valence-electron chi connectivity index (χ2n) is 23.0. The standard InChI is InChI=1S/C57H86N6O7S2/c1-33-8-14-42-38-22-35(10-15-43(42)45(46(58)26-38)31-71-72-32-49(33)63-56(59)60-3)12-17-52-39(29-65)25-41(70-52)13-9-36-11-16-50(67)53(23-36)69-30-51(68)48-27-44-54(47(7-5-21-64)61-28-34(2)66)57-19-4-6-40(57)24-37(18-20-57)55(44)62-48/h11,16,18,20,23,25,27,33-35,37-38,40,42-43,45-47,49,51,54,61-62,64-68H,4-10,12-15,17,19,21-22,24,26,28-32,58H2,1-3H3,(H3,59,60,63)/t33-,34-,35-,37+,38+,40-,42+,43+,45-,46-,47-,49-,51-,54-,57-/m0/s1. The number of aliphatic hydroxyl groups is 4. The third-order valence-corrected chi connectivity index (χ3v) is 21.1. The Balaban J connectivity index is 0.816. The van der Waals surface area contributed by atoms with Crippen molar-refractivity contribution in [2.45, 2.75) is 165 Å². The quantitative estimate of drug-likeness (QED) is 0.0236. The summed E-state index contributed by atoms with van der Waals surface area (Å²) >= 11 is 0. The Morgan fingerprint density at radius 3 is 2.64 bits per heavy atom. The lowest BCUT2D eigenvalue weighted by Crippen LogP contribution is -2.48. The normalized spacial score (nSPS) is 32.7. The fourth-order valence-corrected chi connectivity index (χ4v) is 17.6. The van der Waals surface area contributed by atoms with Crippen LogP contribution in [0.3, 0.4) is 0 Å². The van der Waals surface area contributed by atoms with E-state index in [9.17, 15) is 25.5 Å². The first-order chi connectivity index (χ1) is 34.9. The van der Waals surface area contributed by atoms with Gasteiger partial charge in [0, 0.05) is 91.5 Å². The third kappa shape index (κ3) is 11.9. The number of nitrogens with one attached hydrogen (secondary N) is 3. The molecule has 0 radical (unpaired) electrons. The number of hydrogen-bond acceptors (Lipinski definition) is 12. The molecule has 4 fully saturated rings. The van der Waals surface area contributed by atoms with Crippen LogP contribution in [0.2, 0.25) is 0 Å². The minimum atomic E-state index is -0.956. The van der Waals surface area contributed by atoms with Gasteiger partial charge in [0.05, 0.1) is 12.7 Å². The Bertz CT molecular complexity index is 2300. The molecule has 72 heavy (non-hydrogen) atoms. The lowest BCUT2D eigenvalue weighted by molar-refractivity contribution is 0.0714. The number of aliphatic imine (C=N–C) groups is 1. The Hall–Kier alpha value is -3.15. The van der Waals surface area contributed by atoms with Crippen LogP contribution >= 0.6 is 21.6 Å². The predicted molar refractivity (Wildman–Crippen MR) is 290 cm³/mol. The summed E-state index contributed by atoms with van der Waals surface area (Å²) in [4.78, 5) is 7.85. The van der Waals surface area contributed by atoms with Crippen LogP contribution in [0.4, 0.5) is 0 Å². The molecule has 0 amide bonds. The Kier molecular flexibility index (Phi) is 18.1. The Morgan fingerprint density at radius 2 is 1.83 bits per heavy atom. The van der Waals surface area contributed by atoms with Crippen LogP contribution in [0.25, 0.3) is 0 Å². The molecule has 12 N–H and O–H groups in total. The Labute approximate surface area is 436 Å². The number of allylic oxidation sites excluding steroid dienone is 2. The highest BCUT2D eigenvalue weighted by atomic mass is 33.1. The summed E-state index contributed by atoms with van der Waals surface area (Å²) in [7, 11) is 5.70. The molecule has 3 heterocycles. The number of guanidine groups is 1. The highest BCUT2D eigenvalue weighted by molar-refractivity contribution is 8.76. The van der Waals surface area contributed by atoms with Gasteiger partial charge in [0.1, 0.15) is 24.2 Å². The highest BCUT2D eigenvalue weighted by Crippen LogP contribution is 2.64. The van der Waals surface area contributed by atoms with Gasteiger partial charge in [-0.25, -0.2) is 0 Å². The van der Waals surface area contributed by atoms with E-state index in [1.165, 1.54) is 50.5 Å². The minimum Gasteiger partial charge on any atom is -0.504 e. The van der Waals surface area contributed by atoms with Gasteiger partial charge in [0.15, 0.2) is 17.5 Å². The van der Waals surface area contributed by atoms with Crippen molar-refractivity contribution >= 4 is 27.5 Å². The zero-order valence-electron chi connectivity index (χ0n) is 43.2. The lowest BCUT2D eigenvalue weighted by atomic mass is 9.61. The van der Waals surface area contributed by atoms with Crippen LogP contribution in [0.5, 0.6) is 11.5 Å². The highest BCUT2D eigenvalue weighted by Gasteiger charge is 2.55. The number of H-pyrrole nitrogens is 1. The molecule has 15 atom stereocenters. The second-order valence-corrected chi connectivity index (χ2v) is 25.6. The summed E-state index contributed by atoms with van der Waals surface area (Å²) in [6.45, 7) is 4.67. The van der Waals surface area contributed by atoms with E-state index < -0.39 is 12.2 Å². The molecular weight excluding hydrogens is 945 g/mol. The summed E-state index contributed by atoms with van der Waals surface area (Å²) < 4.78 is 12.7. The fourth-order valence-electron chi connectivity index (χ4n) is 14.8. The van der Waals surface area contributed by atoms with Crippen molar-refractivity contribution in [3.05, 3.63) is 82.1 Å². The number of rotatable bonds is 19. The van der Waals surface area contributed by atoms with Gasteiger partial charge in [0.25, 0.3) is 0 Å². The van der Waals surface area contributed by atoms with Gasteiger partial charge in [-0.05, 0) is 166 Å². The van der Waals surface area contributed by atoms with Crippen LogP contribution in [0.15, 0.2) is 51.9 Å². The molecule has 1 saturated heterocycles. The number of aliphatic hydroxyl groups excluding tert-OH is 4. The van der Waals surface area contributed by atoms with Crippen molar-refractivity contribution < 1.29 is 34.7 Å². The van der Waals surface area contributed by atoms with Crippen molar-refractivity contribution in [2.75, 3.05) is 38.3 Å². The number of nitrogens with zero attached hydrogens (tertiary/aromatic N) is 1. The van der Waals surface area contributed by atoms with E-state index in [0.29, 0.717) is 90.7 Å². The number of aromatic hydroxyl groups is 1. The topological polar surface area (TPSA) is 228 Å². The molecule has 0 unspecified atom stereocenters. The number of furan rings is 1. The largest absolute Gasteiger partial charge is 0.504 e. The van der Waals surface area contributed by atoms with E-state index in [1.54, 1.807) is 20.0 Å². The molecule has 6 aliphatic carbocycles. The van der Waals surface area contributed by atoms with Crippen molar-refractivity contribution in [1.29, 1.82) is 0 Å².